The Morgan fingerprint density at radius 2 is 2.26 bits per heavy atom. The van der Waals surface area contributed by atoms with Gasteiger partial charge in [0.2, 0.25) is 0 Å². The molecule has 0 aromatic carbocycles. The zero-order valence-corrected chi connectivity index (χ0v) is 12.0. The molecule has 1 aromatic heterocycles. The van der Waals surface area contributed by atoms with Crippen LogP contribution in [0.15, 0.2) is 6.20 Å². The first-order valence-electron chi connectivity index (χ1n) is 6.97. The van der Waals surface area contributed by atoms with Gasteiger partial charge in [-0.3, -0.25) is 14.4 Å². The van der Waals surface area contributed by atoms with Crippen LogP contribution in [0, 0.1) is 0 Å². The molecular formula is C14H23N3O2. The number of aromatic nitrogens is 2. The van der Waals surface area contributed by atoms with E-state index in [1.165, 1.54) is 0 Å². The zero-order valence-electron chi connectivity index (χ0n) is 12.0. The zero-order chi connectivity index (χ0) is 14.0. The summed E-state index contributed by atoms with van der Waals surface area (Å²) in [7, 11) is 1.91. The molecule has 0 saturated carbocycles. The first-order valence-corrected chi connectivity index (χ1v) is 6.97. The van der Waals surface area contributed by atoms with Gasteiger partial charge in [0.25, 0.3) is 0 Å². The van der Waals surface area contributed by atoms with Crippen LogP contribution in [0.2, 0.25) is 0 Å². The van der Waals surface area contributed by atoms with Crippen LogP contribution in [-0.4, -0.2) is 37.8 Å². The van der Waals surface area contributed by atoms with Gasteiger partial charge in [0, 0.05) is 25.4 Å². The number of likely N-dealkylation sites (tertiary alicyclic amines) is 1. The number of carboxylic acid groups (broad SMARTS) is 1. The van der Waals surface area contributed by atoms with Gasteiger partial charge in [-0.25, -0.2) is 0 Å². The third-order valence-corrected chi connectivity index (χ3v) is 4.19. The molecule has 19 heavy (non-hydrogen) atoms. The summed E-state index contributed by atoms with van der Waals surface area (Å²) in [5, 5.41) is 13.9. The second-order valence-electron chi connectivity index (χ2n) is 5.59. The summed E-state index contributed by atoms with van der Waals surface area (Å²) < 4.78 is 1.82. The van der Waals surface area contributed by atoms with Gasteiger partial charge in [0.05, 0.1) is 5.69 Å². The van der Waals surface area contributed by atoms with Gasteiger partial charge < -0.3 is 5.11 Å². The van der Waals surface area contributed by atoms with Crippen LogP contribution in [0.4, 0.5) is 0 Å². The Morgan fingerprint density at radius 1 is 1.53 bits per heavy atom. The van der Waals surface area contributed by atoms with Crippen LogP contribution in [0.3, 0.4) is 0 Å². The third kappa shape index (κ3) is 2.66. The largest absolute Gasteiger partial charge is 0.480 e. The van der Waals surface area contributed by atoms with Crippen LogP contribution >= 0.6 is 0 Å². The molecule has 1 unspecified atom stereocenters. The molecule has 1 saturated heterocycles. The number of rotatable bonds is 4. The topological polar surface area (TPSA) is 58.4 Å². The van der Waals surface area contributed by atoms with E-state index in [2.05, 4.69) is 16.9 Å². The lowest BCUT2D eigenvalue weighted by Crippen LogP contribution is -2.54. The van der Waals surface area contributed by atoms with Gasteiger partial charge in [0.1, 0.15) is 5.54 Å². The first kappa shape index (κ1) is 14.1. The minimum atomic E-state index is -0.737. The number of piperidine rings is 1. The predicted octanol–water partition coefficient (Wildman–Crippen LogP) is 1.81. The molecule has 1 fully saturated rings. The second-order valence-corrected chi connectivity index (χ2v) is 5.59. The van der Waals surface area contributed by atoms with Crippen molar-refractivity contribution in [2.75, 3.05) is 6.54 Å². The molecule has 0 aliphatic carbocycles. The summed E-state index contributed by atoms with van der Waals surface area (Å²) in [6, 6.07) is 0. The summed E-state index contributed by atoms with van der Waals surface area (Å²) in [6.45, 7) is 5.45. The van der Waals surface area contributed by atoms with Gasteiger partial charge in [-0.15, -0.1) is 0 Å². The van der Waals surface area contributed by atoms with Crippen LogP contribution in [-0.2, 0) is 24.8 Å². The van der Waals surface area contributed by atoms with Crippen molar-refractivity contribution < 1.29 is 9.90 Å². The molecule has 5 nitrogen and oxygen atoms in total. The van der Waals surface area contributed by atoms with Crippen molar-refractivity contribution in [3.05, 3.63) is 17.5 Å². The summed E-state index contributed by atoms with van der Waals surface area (Å²) in [5.41, 5.74) is 1.49. The van der Waals surface area contributed by atoms with Crippen LogP contribution < -0.4 is 0 Å². The van der Waals surface area contributed by atoms with Crippen molar-refractivity contribution >= 4 is 5.97 Å². The number of carboxylic acids is 1. The predicted molar refractivity (Wildman–Crippen MR) is 72.9 cm³/mol. The van der Waals surface area contributed by atoms with Crippen molar-refractivity contribution in [2.24, 2.45) is 7.05 Å². The van der Waals surface area contributed by atoms with E-state index >= 15 is 0 Å². The normalized spacial score (nSPS) is 24.6. The highest BCUT2D eigenvalue weighted by molar-refractivity contribution is 5.78. The van der Waals surface area contributed by atoms with Gasteiger partial charge in [0.15, 0.2) is 0 Å². The van der Waals surface area contributed by atoms with E-state index < -0.39 is 11.5 Å². The van der Waals surface area contributed by atoms with Crippen molar-refractivity contribution in [1.29, 1.82) is 0 Å². The molecule has 2 rings (SSSR count). The SMILES string of the molecule is CCc1nn(C)cc1CN1CCCCC1(C)C(=O)O. The summed E-state index contributed by atoms with van der Waals surface area (Å²) in [4.78, 5) is 13.7. The fraction of sp³-hybridized carbons (Fsp3) is 0.714. The maximum absolute atomic E-state index is 11.6. The van der Waals surface area contributed by atoms with Crippen molar-refractivity contribution in [3.8, 4) is 0 Å². The van der Waals surface area contributed by atoms with E-state index in [0.29, 0.717) is 6.54 Å². The number of hydrogen-bond donors (Lipinski definition) is 1. The average Bonchev–Trinajstić information content (AvgIpc) is 2.72. The molecule has 0 bridgehead atoms. The number of aryl methyl sites for hydroxylation is 2. The molecule has 1 aliphatic heterocycles. The minimum absolute atomic E-state index is 0.680. The number of nitrogens with zero attached hydrogens (tertiary/aromatic N) is 3. The van der Waals surface area contributed by atoms with Crippen LogP contribution in [0.1, 0.15) is 44.4 Å². The lowest BCUT2D eigenvalue weighted by Gasteiger charge is -2.41. The fourth-order valence-electron chi connectivity index (χ4n) is 2.89. The lowest BCUT2D eigenvalue weighted by molar-refractivity contribution is -0.153. The lowest BCUT2D eigenvalue weighted by atomic mass is 9.88. The maximum atomic E-state index is 11.6. The fourth-order valence-corrected chi connectivity index (χ4v) is 2.89. The van der Waals surface area contributed by atoms with E-state index in [-0.39, 0.29) is 0 Å². The smallest absolute Gasteiger partial charge is 0.323 e. The van der Waals surface area contributed by atoms with Gasteiger partial charge in [-0.2, -0.15) is 5.10 Å². The molecule has 0 amide bonds. The molecule has 1 aliphatic rings. The summed E-state index contributed by atoms with van der Waals surface area (Å²) >= 11 is 0. The van der Waals surface area contributed by atoms with Crippen LogP contribution in [0.5, 0.6) is 0 Å². The maximum Gasteiger partial charge on any atom is 0.323 e. The Morgan fingerprint density at radius 3 is 2.89 bits per heavy atom. The molecule has 2 heterocycles. The quantitative estimate of drug-likeness (QED) is 0.902. The molecule has 0 spiro atoms. The number of hydrogen-bond acceptors (Lipinski definition) is 3. The number of aliphatic carboxylic acids is 1. The summed E-state index contributed by atoms with van der Waals surface area (Å²) in [6.07, 6.45) is 5.69. The Hall–Kier alpha value is -1.36. The van der Waals surface area contributed by atoms with Gasteiger partial charge >= 0.3 is 5.97 Å². The van der Waals surface area contributed by atoms with Gasteiger partial charge in [-0.05, 0) is 39.2 Å². The molecule has 1 atom stereocenters. The average molecular weight is 265 g/mol. The first-order chi connectivity index (χ1) is 8.97. The number of carbonyl (C=O) groups is 1. The second kappa shape index (κ2) is 5.33. The van der Waals surface area contributed by atoms with E-state index in [1.54, 1.807) is 0 Å². The highest BCUT2D eigenvalue weighted by Crippen LogP contribution is 2.30. The Kier molecular flexibility index (Phi) is 3.94. The van der Waals surface area contributed by atoms with Crippen molar-refractivity contribution in [1.82, 2.24) is 14.7 Å². The van der Waals surface area contributed by atoms with E-state index in [4.69, 9.17) is 0 Å². The van der Waals surface area contributed by atoms with E-state index in [1.807, 2.05) is 24.9 Å². The molecule has 106 valence electrons. The molecular weight excluding hydrogens is 242 g/mol. The Labute approximate surface area is 114 Å². The standard InChI is InChI=1S/C14H23N3O2/c1-4-12-11(9-16(3)15-12)10-17-8-6-5-7-14(17,2)13(18)19/h9H,4-8,10H2,1-3H3,(H,18,19). The molecule has 0 radical (unpaired) electrons. The summed E-state index contributed by atoms with van der Waals surface area (Å²) in [5.74, 6) is -0.714. The third-order valence-electron chi connectivity index (χ3n) is 4.19. The van der Waals surface area contributed by atoms with Crippen molar-refractivity contribution in [2.45, 2.75) is 51.6 Å². The van der Waals surface area contributed by atoms with E-state index in [0.717, 1.165) is 43.5 Å². The highest BCUT2D eigenvalue weighted by atomic mass is 16.4. The highest BCUT2D eigenvalue weighted by Gasteiger charge is 2.41. The van der Waals surface area contributed by atoms with Crippen molar-refractivity contribution in [3.63, 3.8) is 0 Å². The van der Waals surface area contributed by atoms with Crippen LogP contribution in [0.25, 0.3) is 0 Å². The molecule has 1 aromatic rings. The molecule has 1 N–H and O–H groups in total. The Bertz CT molecular complexity index is 469. The Balaban J connectivity index is 2.22. The minimum Gasteiger partial charge on any atom is -0.480 e. The molecule has 5 heteroatoms. The monoisotopic (exact) mass is 265 g/mol. The van der Waals surface area contributed by atoms with Gasteiger partial charge in [-0.1, -0.05) is 6.92 Å². The van der Waals surface area contributed by atoms with E-state index in [9.17, 15) is 9.90 Å².